The summed E-state index contributed by atoms with van der Waals surface area (Å²) in [5.41, 5.74) is -3.71. The van der Waals surface area contributed by atoms with E-state index in [-0.39, 0.29) is 29.5 Å². The van der Waals surface area contributed by atoms with Crippen LogP contribution in [-0.4, -0.2) is 27.0 Å². The van der Waals surface area contributed by atoms with Crippen molar-refractivity contribution >= 4 is 22.2 Å². The summed E-state index contributed by atoms with van der Waals surface area (Å²) in [6, 6.07) is 5.91. The third kappa shape index (κ3) is 4.68. The van der Waals surface area contributed by atoms with Crippen LogP contribution < -0.4 is 20.7 Å². The molecule has 0 amide bonds. The molecule has 0 aliphatic heterocycles. The highest BCUT2D eigenvalue weighted by atomic mass is 79.9. The van der Waals surface area contributed by atoms with Crippen LogP contribution in [-0.2, 0) is 18.0 Å². The molecule has 0 radical (unpaired) electrons. The minimum Gasteiger partial charge on any atom is -0.482 e. The van der Waals surface area contributed by atoms with Crippen LogP contribution in [0.1, 0.15) is 5.69 Å². The van der Waals surface area contributed by atoms with Crippen LogP contribution >= 0.6 is 15.9 Å². The van der Waals surface area contributed by atoms with Gasteiger partial charge in [0, 0.05) is 31.4 Å². The second-order valence-corrected chi connectivity index (χ2v) is 6.91. The Morgan fingerprint density at radius 1 is 1.13 bits per heavy atom. The van der Waals surface area contributed by atoms with Crippen molar-refractivity contribution in [1.82, 2.24) is 14.1 Å². The van der Waals surface area contributed by atoms with Gasteiger partial charge in [-0.15, -0.1) is 0 Å². The van der Waals surface area contributed by atoms with E-state index in [0.717, 1.165) is 7.05 Å². The van der Waals surface area contributed by atoms with Crippen LogP contribution in [0.5, 0.6) is 17.2 Å². The van der Waals surface area contributed by atoms with Crippen molar-refractivity contribution in [2.75, 3.05) is 6.61 Å². The van der Waals surface area contributed by atoms with E-state index in [0.29, 0.717) is 26.0 Å². The van der Waals surface area contributed by atoms with Gasteiger partial charge in [0.2, 0.25) is 0 Å². The molecule has 2 aromatic heterocycles. The Morgan fingerprint density at radius 2 is 1.87 bits per heavy atom. The van der Waals surface area contributed by atoms with Crippen LogP contribution in [0.25, 0.3) is 5.69 Å². The molecule has 0 atom stereocenters. The van der Waals surface area contributed by atoms with Gasteiger partial charge in [-0.05, 0) is 28.1 Å². The van der Waals surface area contributed by atoms with Crippen molar-refractivity contribution in [3.63, 3.8) is 0 Å². The molecule has 0 saturated carbocycles. The number of aldehydes is 1. The summed E-state index contributed by atoms with van der Waals surface area (Å²) < 4.78 is 51.5. The Hall–Kier alpha value is -3.41. The number of carbonyl (C=O) groups is 1. The molecule has 0 saturated heterocycles. The van der Waals surface area contributed by atoms with Gasteiger partial charge < -0.3 is 9.47 Å². The second kappa shape index (κ2) is 8.76. The molecule has 0 spiro atoms. The lowest BCUT2D eigenvalue weighted by molar-refractivity contribution is -0.144. The van der Waals surface area contributed by atoms with Gasteiger partial charge >= 0.3 is 11.9 Å². The molecule has 31 heavy (non-hydrogen) atoms. The lowest BCUT2D eigenvalue weighted by Crippen LogP contribution is -2.40. The maximum atomic E-state index is 13.1. The van der Waals surface area contributed by atoms with E-state index in [1.807, 2.05) is 0 Å². The Bertz CT molecular complexity index is 1250. The molecule has 3 aromatic rings. The third-order valence-corrected chi connectivity index (χ3v) is 4.71. The van der Waals surface area contributed by atoms with E-state index in [9.17, 15) is 27.6 Å². The monoisotopic (exact) mass is 499 g/mol. The molecular formula is C19H13BrF3N3O5. The van der Waals surface area contributed by atoms with Crippen LogP contribution in [0.4, 0.5) is 13.2 Å². The lowest BCUT2D eigenvalue weighted by Gasteiger charge is -2.15. The number of carbonyl (C=O) groups excluding carboxylic acids is 1. The zero-order valence-corrected chi connectivity index (χ0v) is 17.3. The summed E-state index contributed by atoms with van der Waals surface area (Å²) in [6.45, 7) is -0.224. The summed E-state index contributed by atoms with van der Waals surface area (Å²) in [7, 11) is 0.920. The standard InChI is InChI=1S/C19H13BrF3N3O5/c1-25-16(19(21,22)23)9-17(28)26(18(25)29)11-2-3-12(20)14(8-11)31-15-10-24-5-4-13(15)30-7-6-27/h2-6,8-10H,7H2,1H3. The van der Waals surface area contributed by atoms with Crippen molar-refractivity contribution in [3.05, 3.63) is 73.7 Å². The van der Waals surface area contributed by atoms with Gasteiger partial charge in [-0.1, -0.05) is 0 Å². The first kappa shape index (κ1) is 22.3. The summed E-state index contributed by atoms with van der Waals surface area (Å²) in [5, 5.41) is 0. The molecule has 1 aromatic carbocycles. The molecular weight excluding hydrogens is 487 g/mol. The van der Waals surface area contributed by atoms with E-state index >= 15 is 0 Å². The van der Waals surface area contributed by atoms with Gasteiger partial charge in [-0.3, -0.25) is 19.1 Å². The molecule has 0 fully saturated rings. The molecule has 3 rings (SSSR count). The Kier molecular flexibility index (Phi) is 6.29. The number of hydrogen-bond acceptors (Lipinski definition) is 6. The third-order valence-electron chi connectivity index (χ3n) is 4.06. The summed E-state index contributed by atoms with van der Waals surface area (Å²) in [6.07, 6.45) is -1.57. The molecule has 12 heteroatoms. The first-order valence-corrected chi connectivity index (χ1v) is 9.31. The molecule has 0 aliphatic carbocycles. The smallest absolute Gasteiger partial charge is 0.431 e. The molecule has 2 heterocycles. The van der Waals surface area contributed by atoms with E-state index in [1.165, 1.54) is 36.7 Å². The molecule has 0 aliphatic rings. The number of rotatable bonds is 6. The lowest BCUT2D eigenvalue weighted by atomic mass is 10.3. The number of halogens is 4. The van der Waals surface area contributed by atoms with E-state index in [2.05, 4.69) is 20.9 Å². The SMILES string of the molecule is Cn1c(C(F)(F)F)cc(=O)n(-c2ccc(Br)c(Oc3cnccc3OCC=O)c2)c1=O. The van der Waals surface area contributed by atoms with Gasteiger partial charge in [0.1, 0.15) is 18.1 Å². The molecule has 0 unspecified atom stereocenters. The highest BCUT2D eigenvalue weighted by molar-refractivity contribution is 9.10. The van der Waals surface area contributed by atoms with Gasteiger partial charge in [-0.2, -0.15) is 13.2 Å². The number of aromatic nitrogens is 3. The fourth-order valence-corrected chi connectivity index (χ4v) is 2.98. The topological polar surface area (TPSA) is 92.4 Å². The zero-order valence-electron chi connectivity index (χ0n) is 15.7. The second-order valence-electron chi connectivity index (χ2n) is 6.06. The normalized spacial score (nSPS) is 11.3. The number of benzene rings is 1. The molecule has 0 N–H and O–H groups in total. The van der Waals surface area contributed by atoms with E-state index in [1.54, 1.807) is 0 Å². The fourth-order valence-electron chi connectivity index (χ4n) is 2.65. The fraction of sp³-hybridized carbons (Fsp3) is 0.158. The molecule has 8 nitrogen and oxygen atoms in total. The average molecular weight is 500 g/mol. The van der Waals surface area contributed by atoms with Crippen molar-refractivity contribution < 1.29 is 27.4 Å². The van der Waals surface area contributed by atoms with Crippen molar-refractivity contribution in [2.24, 2.45) is 7.05 Å². The van der Waals surface area contributed by atoms with Gasteiger partial charge in [0.05, 0.1) is 16.4 Å². The summed E-state index contributed by atoms with van der Waals surface area (Å²) in [5.74, 6) is 0.465. The maximum Gasteiger partial charge on any atom is 0.431 e. The number of hydrogen-bond donors (Lipinski definition) is 0. The largest absolute Gasteiger partial charge is 0.482 e. The van der Waals surface area contributed by atoms with Crippen LogP contribution in [0.3, 0.4) is 0 Å². The zero-order chi connectivity index (χ0) is 22.8. The van der Waals surface area contributed by atoms with Crippen molar-refractivity contribution in [2.45, 2.75) is 6.18 Å². The maximum absolute atomic E-state index is 13.1. The summed E-state index contributed by atoms with van der Waals surface area (Å²) >= 11 is 3.27. The summed E-state index contributed by atoms with van der Waals surface area (Å²) in [4.78, 5) is 39.3. The minimum atomic E-state index is -4.86. The first-order chi connectivity index (χ1) is 14.6. The van der Waals surface area contributed by atoms with Crippen LogP contribution in [0, 0.1) is 0 Å². The number of ether oxygens (including phenoxy) is 2. The van der Waals surface area contributed by atoms with E-state index in [4.69, 9.17) is 9.47 Å². The van der Waals surface area contributed by atoms with Crippen LogP contribution in [0.2, 0.25) is 0 Å². The highest BCUT2D eigenvalue weighted by Gasteiger charge is 2.35. The van der Waals surface area contributed by atoms with Crippen LogP contribution in [0.15, 0.2) is 56.8 Å². The first-order valence-electron chi connectivity index (χ1n) is 8.52. The number of pyridine rings is 1. The van der Waals surface area contributed by atoms with Gasteiger partial charge in [-0.25, -0.2) is 9.36 Å². The minimum absolute atomic E-state index is 0.0169. The molecule has 0 bridgehead atoms. The number of nitrogens with zero attached hydrogens (tertiary/aromatic N) is 3. The average Bonchev–Trinajstić information content (AvgIpc) is 2.71. The van der Waals surface area contributed by atoms with Gasteiger partial charge in [0.15, 0.2) is 17.8 Å². The predicted octanol–water partition coefficient (Wildman–Crippen LogP) is 3.08. The molecule has 162 valence electrons. The Morgan fingerprint density at radius 3 is 2.55 bits per heavy atom. The van der Waals surface area contributed by atoms with Gasteiger partial charge in [0.25, 0.3) is 5.56 Å². The highest BCUT2D eigenvalue weighted by Crippen LogP contribution is 2.35. The van der Waals surface area contributed by atoms with E-state index < -0.39 is 23.1 Å². The predicted molar refractivity (Wildman–Crippen MR) is 106 cm³/mol. The Labute approximate surface area is 180 Å². The van der Waals surface area contributed by atoms with Crippen molar-refractivity contribution in [1.29, 1.82) is 0 Å². The number of alkyl halides is 3. The Balaban J connectivity index is 2.08. The quantitative estimate of drug-likeness (QED) is 0.484. The van der Waals surface area contributed by atoms with Crippen molar-refractivity contribution in [3.8, 4) is 22.9 Å².